The molecule has 1 aromatic rings. The maximum atomic E-state index is 10.7. The van der Waals surface area contributed by atoms with Crippen molar-refractivity contribution in [1.82, 2.24) is 10.1 Å². The average molecular weight is 226 g/mol. The van der Waals surface area contributed by atoms with E-state index in [1.807, 2.05) is 0 Å². The van der Waals surface area contributed by atoms with Crippen molar-refractivity contribution in [1.29, 1.82) is 0 Å². The second-order valence-corrected chi connectivity index (χ2v) is 3.78. The molecule has 88 valence electrons. The van der Waals surface area contributed by atoms with Crippen LogP contribution < -0.4 is 0 Å². The summed E-state index contributed by atoms with van der Waals surface area (Å²) in [4.78, 5) is 12.8. The molecule has 1 saturated heterocycles. The first kappa shape index (κ1) is 11.1. The Bertz CT molecular complexity index is 339. The van der Waals surface area contributed by atoms with Gasteiger partial charge in [0.15, 0.2) is 5.76 Å². The number of aromatic nitrogens is 1. The summed E-state index contributed by atoms with van der Waals surface area (Å²) < 4.78 is 10.3. The van der Waals surface area contributed by atoms with Crippen LogP contribution in [0.1, 0.15) is 12.2 Å². The lowest BCUT2D eigenvalue weighted by Crippen LogP contribution is -2.45. The highest BCUT2D eigenvalue weighted by Crippen LogP contribution is 2.14. The molecule has 1 aliphatic heterocycles. The zero-order valence-electron chi connectivity index (χ0n) is 8.83. The monoisotopic (exact) mass is 226 g/mol. The zero-order valence-corrected chi connectivity index (χ0v) is 8.83. The second-order valence-electron chi connectivity index (χ2n) is 3.78. The van der Waals surface area contributed by atoms with Crippen molar-refractivity contribution >= 4 is 5.97 Å². The van der Waals surface area contributed by atoms with Gasteiger partial charge in [0.2, 0.25) is 0 Å². The summed E-state index contributed by atoms with van der Waals surface area (Å²) in [6, 6.07) is 1.70. The van der Waals surface area contributed by atoms with Gasteiger partial charge in [-0.2, -0.15) is 0 Å². The third-order valence-corrected chi connectivity index (χ3v) is 2.61. The van der Waals surface area contributed by atoms with Gasteiger partial charge in [0, 0.05) is 18.7 Å². The van der Waals surface area contributed by atoms with E-state index in [4.69, 9.17) is 14.4 Å². The largest absolute Gasteiger partial charge is 0.481 e. The van der Waals surface area contributed by atoms with Crippen molar-refractivity contribution in [2.75, 3.05) is 19.8 Å². The Morgan fingerprint density at radius 1 is 1.69 bits per heavy atom. The SMILES string of the molecule is O=C(O)CC1COCCN1Cc1ccno1. The van der Waals surface area contributed by atoms with Crippen LogP contribution >= 0.6 is 0 Å². The number of carbonyl (C=O) groups is 1. The number of rotatable bonds is 4. The van der Waals surface area contributed by atoms with Crippen LogP contribution in [0.2, 0.25) is 0 Å². The van der Waals surface area contributed by atoms with Gasteiger partial charge in [-0.1, -0.05) is 5.16 Å². The molecule has 1 aromatic heterocycles. The van der Waals surface area contributed by atoms with Crippen molar-refractivity contribution in [2.24, 2.45) is 0 Å². The highest BCUT2D eigenvalue weighted by molar-refractivity contribution is 5.67. The zero-order chi connectivity index (χ0) is 11.4. The molecule has 0 bridgehead atoms. The Hall–Kier alpha value is -1.40. The molecular formula is C10H14N2O4. The molecule has 0 radical (unpaired) electrons. The average Bonchev–Trinajstić information content (AvgIpc) is 2.73. The molecule has 0 aliphatic carbocycles. The van der Waals surface area contributed by atoms with Crippen molar-refractivity contribution in [2.45, 2.75) is 19.0 Å². The molecule has 1 fully saturated rings. The third-order valence-electron chi connectivity index (χ3n) is 2.61. The fraction of sp³-hybridized carbons (Fsp3) is 0.600. The van der Waals surface area contributed by atoms with Crippen LogP contribution in [0.15, 0.2) is 16.8 Å². The number of carboxylic acid groups (broad SMARTS) is 1. The number of morpholine rings is 1. The number of aliphatic carboxylic acids is 1. The molecule has 6 heteroatoms. The predicted molar refractivity (Wildman–Crippen MR) is 53.8 cm³/mol. The molecule has 1 atom stereocenters. The minimum atomic E-state index is -0.807. The summed E-state index contributed by atoms with van der Waals surface area (Å²) in [5.74, 6) is -0.0599. The van der Waals surface area contributed by atoms with E-state index in [1.54, 1.807) is 12.3 Å². The first-order valence-electron chi connectivity index (χ1n) is 5.19. The van der Waals surface area contributed by atoms with Crippen LogP contribution in [-0.2, 0) is 16.1 Å². The number of hydrogen-bond donors (Lipinski definition) is 1. The summed E-state index contributed by atoms with van der Waals surface area (Å²) in [7, 11) is 0. The Morgan fingerprint density at radius 2 is 2.56 bits per heavy atom. The number of hydrogen-bond acceptors (Lipinski definition) is 5. The molecule has 0 spiro atoms. The van der Waals surface area contributed by atoms with Gasteiger partial charge in [0.1, 0.15) is 0 Å². The lowest BCUT2D eigenvalue weighted by molar-refractivity contribution is -0.140. The molecule has 2 rings (SSSR count). The van der Waals surface area contributed by atoms with Gasteiger partial charge < -0.3 is 14.4 Å². The summed E-state index contributed by atoms with van der Waals surface area (Å²) in [5.41, 5.74) is 0. The minimum Gasteiger partial charge on any atom is -0.481 e. The lowest BCUT2D eigenvalue weighted by Gasteiger charge is -2.33. The fourth-order valence-corrected chi connectivity index (χ4v) is 1.81. The molecule has 0 aromatic carbocycles. The Morgan fingerprint density at radius 3 is 3.25 bits per heavy atom. The third kappa shape index (κ3) is 2.80. The number of carboxylic acids is 1. The van der Waals surface area contributed by atoms with E-state index in [9.17, 15) is 4.79 Å². The van der Waals surface area contributed by atoms with E-state index in [2.05, 4.69) is 10.1 Å². The van der Waals surface area contributed by atoms with Crippen LogP contribution in [0.4, 0.5) is 0 Å². The van der Waals surface area contributed by atoms with Crippen molar-refractivity contribution < 1.29 is 19.2 Å². The molecule has 0 saturated carbocycles. The molecule has 1 N–H and O–H groups in total. The highest BCUT2D eigenvalue weighted by Gasteiger charge is 2.25. The topological polar surface area (TPSA) is 75.8 Å². The highest BCUT2D eigenvalue weighted by atomic mass is 16.5. The molecule has 6 nitrogen and oxygen atoms in total. The normalized spacial score (nSPS) is 22.1. The van der Waals surface area contributed by atoms with Crippen molar-refractivity contribution in [3.63, 3.8) is 0 Å². The predicted octanol–water partition coefficient (Wildman–Crippen LogP) is 0.350. The standard InChI is InChI=1S/C10H14N2O4/c13-10(14)5-8-7-15-4-3-12(8)6-9-1-2-11-16-9/h1-2,8H,3-7H2,(H,13,14). The van der Waals surface area contributed by atoms with E-state index in [0.717, 1.165) is 12.3 Å². The van der Waals surface area contributed by atoms with E-state index < -0.39 is 5.97 Å². The quantitative estimate of drug-likeness (QED) is 0.798. The van der Waals surface area contributed by atoms with E-state index in [-0.39, 0.29) is 12.5 Å². The van der Waals surface area contributed by atoms with Crippen LogP contribution in [0.5, 0.6) is 0 Å². The molecule has 1 unspecified atom stereocenters. The van der Waals surface area contributed by atoms with Gasteiger partial charge in [-0.15, -0.1) is 0 Å². The van der Waals surface area contributed by atoms with Gasteiger partial charge in [-0.25, -0.2) is 0 Å². The molecule has 2 heterocycles. The van der Waals surface area contributed by atoms with Gasteiger partial charge >= 0.3 is 5.97 Å². The number of nitrogens with zero attached hydrogens (tertiary/aromatic N) is 2. The first-order valence-corrected chi connectivity index (χ1v) is 5.19. The summed E-state index contributed by atoms with van der Waals surface area (Å²) >= 11 is 0. The lowest BCUT2D eigenvalue weighted by atomic mass is 10.1. The fourth-order valence-electron chi connectivity index (χ4n) is 1.81. The Kier molecular flexibility index (Phi) is 3.53. The van der Waals surface area contributed by atoms with Crippen molar-refractivity contribution in [3.05, 3.63) is 18.0 Å². The summed E-state index contributed by atoms with van der Waals surface area (Å²) in [6.45, 7) is 2.39. The minimum absolute atomic E-state index is 0.0867. The molecule has 1 aliphatic rings. The Balaban J connectivity index is 1.96. The molecular weight excluding hydrogens is 212 g/mol. The molecule has 0 amide bonds. The number of ether oxygens (including phenoxy) is 1. The second kappa shape index (κ2) is 5.09. The smallest absolute Gasteiger partial charge is 0.305 e. The van der Waals surface area contributed by atoms with Crippen LogP contribution in [0, 0.1) is 0 Å². The summed E-state index contributed by atoms with van der Waals surface area (Å²) in [6.07, 6.45) is 1.68. The Labute approximate surface area is 92.8 Å². The van der Waals surface area contributed by atoms with Crippen LogP contribution in [-0.4, -0.2) is 46.9 Å². The van der Waals surface area contributed by atoms with Gasteiger partial charge in [-0.05, 0) is 0 Å². The van der Waals surface area contributed by atoms with E-state index >= 15 is 0 Å². The van der Waals surface area contributed by atoms with Gasteiger partial charge in [0.25, 0.3) is 0 Å². The van der Waals surface area contributed by atoms with Gasteiger partial charge in [0.05, 0.1) is 32.4 Å². The van der Waals surface area contributed by atoms with E-state index in [1.165, 1.54) is 0 Å². The van der Waals surface area contributed by atoms with E-state index in [0.29, 0.717) is 19.8 Å². The van der Waals surface area contributed by atoms with Gasteiger partial charge in [-0.3, -0.25) is 9.69 Å². The maximum absolute atomic E-state index is 10.7. The van der Waals surface area contributed by atoms with Crippen LogP contribution in [0.3, 0.4) is 0 Å². The van der Waals surface area contributed by atoms with Crippen molar-refractivity contribution in [3.8, 4) is 0 Å². The summed E-state index contributed by atoms with van der Waals surface area (Å²) in [5, 5.41) is 12.4. The maximum Gasteiger partial charge on any atom is 0.305 e. The van der Waals surface area contributed by atoms with Crippen LogP contribution in [0.25, 0.3) is 0 Å². The first-order chi connectivity index (χ1) is 7.75. The molecule has 16 heavy (non-hydrogen) atoms.